The van der Waals surface area contributed by atoms with Gasteiger partial charge in [0.25, 0.3) is 0 Å². The normalized spacial score (nSPS) is 9.43. The Kier molecular flexibility index (Phi) is 4.41. The molecule has 0 saturated carbocycles. The van der Waals surface area contributed by atoms with Crippen molar-refractivity contribution in [2.75, 3.05) is 5.32 Å². The molecule has 0 aliphatic rings. The predicted octanol–water partition coefficient (Wildman–Crippen LogP) is 1.99. The number of carbonyl (C=O) groups is 2. The molecule has 1 aromatic carbocycles. The summed E-state index contributed by atoms with van der Waals surface area (Å²) in [6.45, 7) is 0. The third-order valence-electron chi connectivity index (χ3n) is 1.78. The molecule has 0 atom stereocenters. The van der Waals surface area contributed by atoms with Gasteiger partial charge in [0.15, 0.2) is 0 Å². The maximum absolute atomic E-state index is 11.3. The van der Waals surface area contributed by atoms with Crippen molar-refractivity contribution < 1.29 is 9.59 Å². The highest BCUT2D eigenvalue weighted by atomic mass is 16.1. The van der Waals surface area contributed by atoms with E-state index >= 15 is 0 Å². The Labute approximate surface area is 83.1 Å². The fourth-order valence-corrected chi connectivity index (χ4v) is 1.09. The maximum Gasteiger partial charge on any atom is 0.224 e. The molecule has 3 heteroatoms. The Morgan fingerprint density at radius 2 is 2.00 bits per heavy atom. The average molecular weight is 191 g/mol. The zero-order chi connectivity index (χ0) is 10.2. The molecule has 74 valence electrons. The molecule has 14 heavy (non-hydrogen) atoms. The SMILES string of the molecule is O=CCCCC(=O)Nc1ccccc1. The summed E-state index contributed by atoms with van der Waals surface area (Å²) in [7, 11) is 0. The first-order valence-electron chi connectivity index (χ1n) is 4.61. The number of aldehydes is 1. The van der Waals surface area contributed by atoms with E-state index in [2.05, 4.69) is 5.32 Å². The van der Waals surface area contributed by atoms with E-state index in [-0.39, 0.29) is 5.91 Å². The summed E-state index contributed by atoms with van der Waals surface area (Å²) in [6.07, 6.45) is 2.29. The summed E-state index contributed by atoms with van der Waals surface area (Å²) in [6, 6.07) is 9.28. The van der Waals surface area contributed by atoms with Crippen LogP contribution in [0, 0.1) is 0 Å². The van der Waals surface area contributed by atoms with Crippen LogP contribution >= 0.6 is 0 Å². The molecule has 0 aromatic heterocycles. The Balaban J connectivity index is 2.31. The second kappa shape index (κ2) is 5.91. The number of anilines is 1. The number of carbonyl (C=O) groups excluding carboxylic acids is 2. The van der Waals surface area contributed by atoms with E-state index < -0.39 is 0 Å². The van der Waals surface area contributed by atoms with Crippen molar-refractivity contribution in [3.8, 4) is 0 Å². The molecule has 0 spiro atoms. The minimum atomic E-state index is -0.0435. The monoisotopic (exact) mass is 191 g/mol. The van der Waals surface area contributed by atoms with Crippen LogP contribution in [-0.4, -0.2) is 12.2 Å². The van der Waals surface area contributed by atoms with E-state index in [1.165, 1.54) is 0 Å². The fraction of sp³-hybridized carbons (Fsp3) is 0.273. The number of hydrogen-bond acceptors (Lipinski definition) is 2. The van der Waals surface area contributed by atoms with Crippen LogP contribution in [0.25, 0.3) is 0 Å². The first kappa shape index (κ1) is 10.4. The van der Waals surface area contributed by atoms with Gasteiger partial charge in [0, 0.05) is 18.5 Å². The summed E-state index contributed by atoms with van der Waals surface area (Å²) in [5, 5.41) is 2.75. The van der Waals surface area contributed by atoms with E-state index in [1.807, 2.05) is 30.3 Å². The van der Waals surface area contributed by atoms with Gasteiger partial charge in [-0.2, -0.15) is 0 Å². The zero-order valence-corrected chi connectivity index (χ0v) is 7.90. The number of rotatable bonds is 5. The van der Waals surface area contributed by atoms with E-state index in [0.717, 1.165) is 12.0 Å². The van der Waals surface area contributed by atoms with Crippen LogP contribution < -0.4 is 5.32 Å². The quantitative estimate of drug-likeness (QED) is 0.571. The molecule has 3 nitrogen and oxygen atoms in total. The summed E-state index contributed by atoms with van der Waals surface area (Å²) in [5.74, 6) is -0.0435. The Morgan fingerprint density at radius 3 is 2.64 bits per heavy atom. The molecule has 1 aromatic rings. The summed E-state index contributed by atoms with van der Waals surface area (Å²) < 4.78 is 0. The van der Waals surface area contributed by atoms with Crippen molar-refractivity contribution in [1.82, 2.24) is 0 Å². The molecule has 1 amide bonds. The molecule has 0 aliphatic carbocycles. The number of unbranched alkanes of at least 4 members (excludes halogenated alkanes) is 1. The Hall–Kier alpha value is -1.64. The summed E-state index contributed by atoms with van der Waals surface area (Å²) in [5.41, 5.74) is 0.795. The van der Waals surface area contributed by atoms with Crippen LogP contribution in [0.5, 0.6) is 0 Å². The first-order chi connectivity index (χ1) is 6.83. The van der Waals surface area contributed by atoms with Gasteiger partial charge in [-0.3, -0.25) is 4.79 Å². The van der Waals surface area contributed by atoms with Crippen LogP contribution in [0.15, 0.2) is 30.3 Å². The minimum absolute atomic E-state index is 0.0435. The molecule has 0 unspecified atom stereocenters. The smallest absolute Gasteiger partial charge is 0.224 e. The first-order valence-corrected chi connectivity index (χ1v) is 4.61. The van der Waals surface area contributed by atoms with Crippen molar-refractivity contribution in [2.24, 2.45) is 0 Å². The number of nitrogens with one attached hydrogen (secondary N) is 1. The lowest BCUT2D eigenvalue weighted by Gasteiger charge is -2.03. The van der Waals surface area contributed by atoms with Crippen molar-refractivity contribution in [3.63, 3.8) is 0 Å². The lowest BCUT2D eigenvalue weighted by Crippen LogP contribution is -2.10. The number of benzene rings is 1. The van der Waals surface area contributed by atoms with Crippen molar-refractivity contribution in [2.45, 2.75) is 19.3 Å². The van der Waals surface area contributed by atoms with Gasteiger partial charge in [0.05, 0.1) is 0 Å². The van der Waals surface area contributed by atoms with E-state index in [0.29, 0.717) is 19.3 Å². The molecular formula is C11H13NO2. The van der Waals surface area contributed by atoms with E-state index in [1.54, 1.807) is 0 Å². The van der Waals surface area contributed by atoms with Gasteiger partial charge in [0.1, 0.15) is 6.29 Å². The molecular weight excluding hydrogens is 178 g/mol. The largest absolute Gasteiger partial charge is 0.326 e. The Bertz CT molecular complexity index is 295. The molecule has 0 saturated heterocycles. The fourth-order valence-electron chi connectivity index (χ4n) is 1.09. The molecule has 0 bridgehead atoms. The van der Waals surface area contributed by atoms with Crippen molar-refractivity contribution >= 4 is 17.9 Å². The summed E-state index contributed by atoms with van der Waals surface area (Å²) in [4.78, 5) is 21.3. The van der Waals surface area contributed by atoms with Crippen LogP contribution in [0.1, 0.15) is 19.3 Å². The van der Waals surface area contributed by atoms with Gasteiger partial charge >= 0.3 is 0 Å². The number of para-hydroxylation sites is 1. The summed E-state index contributed by atoms with van der Waals surface area (Å²) >= 11 is 0. The molecule has 0 aliphatic heterocycles. The van der Waals surface area contributed by atoms with Crippen LogP contribution in [0.3, 0.4) is 0 Å². The van der Waals surface area contributed by atoms with Crippen LogP contribution in [0.4, 0.5) is 5.69 Å². The molecule has 0 radical (unpaired) electrons. The third kappa shape index (κ3) is 3.85. The Morgan fingerprint density at radius 1 is 1.29 bits per heavy atom. The zero-order valence-electron chi connectivity index (χ0n) is 7.90. The van der Waals surface area contributed by atoms with Crippen molar-refractivity contribution in [3.05, 3.63) is 30.3 Å². The van der Waals surface area contributed by atoms with Crippen molar-refractivity contribution in [1.29, 1.82) is 0 Å². The van der Waals surface area contributed by atoms with Gasteiger partial charge < -0.3 is 10.1 Å². The average Bonchev–Trinajstić information content (AvgIpc) is 2.20. The van der Waals surface area contributed by atoms with Gasteiger partial charge in [-0.15, -0.1) is 0 Å². The van der Waals surface area contributed by atoms with E-state index in [4.69, 9.17) is 0 Å². The molecule has 0 heterocycles. The standard InChI is InChI=1S/C11H13NO2/c13-9-5-4-8-11(14)12-10-6-2-1-3-7-10/h1-3,6-7,9H,4-5,8H2,(H,12,14). The van der Waals surface area contributed by atoms with Gasteiger partial charge in [-0.1, -0.05) is 18.2 Å². The lowest BCUT2D eigenvalue weighted by atomic mass is 10.2. The van der Waals surface area contributed by atoms with E-state index in [9.17, 15) is 9.59 Å². The topological polar surface area (TPSA) is 46.2 Å². The second-order valence-electron chi connectivity index (χ2n) is 2.97. The minimum Gasteiger partial charge on any atom is -0.326 e. The highest BCUT2D eigenvalue weighted by molar-refractivity contribution is 5.90. The predicted molar refractivity (Wildman–Crippen MR) is 55.0 cm³/mol. The lowest BCUT2D eigenvalue weighted by molar-refractivity contribution is -0.116. The van der Waals surface area contributed by atoms with Gasteiger partial charge in [-0.25, -0.2) is 0 Å². The molecule has 0 fully saturated rings. The highest BCUT2D eigenvalue weighted by Gasteiger charge is 2.00. The molecule has 1 N–H and O–H groups in total. The highest BCUT2D eigenvalue weighted by Crippen LogP contribution is 2.06. The second-order valence-corrected chi connectivity index (χ2v) is 2.97. The number of hydrogen-bond donors (Lipinski definition) is 1. The third-order valence-corrected chi connectivity index (χ3v) is 1.78. The molecule has 1 rings (SSSR count). The van der Waals surface area contributed by atoms with Crippen LogP contribution in [-0.2, 0) is 9.59 Å². The van der Waals surface area contributed by atoms with Gasteiger partial charge in [0.2, 0.25) is 5.91 Å². The van der Waals surface area contributed by atoms with Crippen LogP contribution in [0.2, 0.25) is 0 Å². The maximum atomic E-state index is 11.3. The van der Waals surface area contributed by atoms with Gasteiger partial charge in [-0.05, 0) is 18.6 Å². The number of amides is 1.